The first kappa shape index (κ1) is 33.9. The molecule has 9 aromatic carbocycles. The molecule has 0 unspecified atom stereocenters. The largest absolute Gasteiger partial charge is 0.310 e. The highest BCUT2D eigenvalue weighted by Gasteiger charge is 2.52. The first-order valence-electron chi connectivity index (χ1n) is 20.8. The first-order chi connectivity index (χ1) is 29.0. The van der Waals surface area contributed by atoms with Crippen molar-refractivity contribution in [2.75, 3.05) is 4.90 Å². The molecule has 0 fully saturated rings. The molecule has 0 radical (unpaired) electrons. The van der Waals surface area contributed by atoms with E-state index in [9.17, 15) is 0 Å². The smallest absolute Gasteiger partial charge is 0.0726 e. The molecule has 0 amide bonds. The predicted molar refractivity (Wildman–Crippen MR) is 246 cm³/mol. The van der Waals surface area contributed by atoms with Gasteiger partial charge in [0.05, 0.1) is 11.1 Å². The third kappa shape index (κ3) is 4.73. The van der Waals surface area contributed by atoms with E-state index in [1.165, 1.54) is 89.0 Å². The van der Waals surface area contributed by atoms with Crippen LogP contribution >= 0.6 is 0 Å². The van der Waals surface area contributed by atoms with Crippen LogP contribution in [0.2, 0.25) is 0 Å². The Kier molecular flexibility index (Phi) is 7.26. The third-order valence-corrected chi connectivity index (χ3v) is 13.5. The quantitative estimate of drug-likeness (QED) is 0.164. The van der Waals surface area contributed by atoms with E-state index in [1.807, 2.05) is 0 Å². The third-order valence-electron chi connectivity index (χ3n) is 13.5. The summed E-state index contributed by atoms with van der Waals surface area (Å²) in [5, 5.41) is 0. The summed E-state index contributed by atoms with van der Waals surface area (Å²) in [5.74, 6) is 0. The first-order valence-corrected chi connectivity index (χ1v) is 20.8. The molecule has 0 N–H and O–H groups in total. The lowest BCUT2D eigenvalue weighted by Gasteiger charge is -2.33. The number of rotatable bonds is 6. The molecule has 3 aliphatic carbocycles. The van der Waals surface area contributed by atoms with Crippen LogP contribution in [-0.4, -0.2) is 0 Å². The van der Waals surface area contributed by atoms with Gasteiger partial charge in [-0.15, -0.1) is 0 Å². The normalized spacial score (nSPS) is 14.2. The standard InChI is InChI=1S/C58H41N/c1-57(2)51-28-13-9-25-45(51)48-33-32-43(37-54(48)57)59(55-31-16-12-24-44(55)39-20-7-4-8-21-39)42-23-17-22-41(36-42)58-52-29-14-10-26-46(52)49-34-40(38-18-5-3-6-19-38)35-50(56(49)58)47-27-11-15-30-53(47)58/h3-37H,1-2H3. The number of hydrogen-bond acceptors (Lipinski definition) is 1. The Bertz CT molecular complexity index is 3070. The van der Waals surface area contributed by atoms with Crippen LogP contribution in [0, 0.1) is 0 Å². The zero-order valence-corrected chi connectivity index (χ0v) is 33.2. The van der Waals surface area contributed by atoms with Crippen LogP contribution in [-0.2, 0) is 10.8 Å². The van der Waals surface area contributed by atoms with Gasteiger partial charge in [0.2, 0.25) is 0 Å². The van der Waals surface area contributed by atoms with E-state index in [-0.39, 0.29) is 5.41 Å². The molecule has 0 bridgehead atoms. The predicted octanol–water partition coefficient (Wildman–Crippen LogP) is 15.1. The Morgan fingerprint density at radius 1 is 0.322 bits per heavy atom. The molecule has 0 spiro atoms. The van der Waals surface area contributed by atoms with Gasteiger partial charge in [0, 0.05) is 22.4 Å². The van der Waals surface area contributed by atoms with Crippen molar-refractivity contribution in [2.24, 2.45) is 0 Å². The van der Waals surface area contributed by atoms with Gasteiger partial charge in [0.1, 0.15) is 0 Å². The van der Waals surface area contributed by atoms with Gasteiger partial charge >= 0.3 is 0 Å². The SMILES string of the molecule is CC1(C)c2ccccc2-c2ccc(N(c3cccc(C45c6ccccc6-c6cc(-c7ccccc7)cc(c64)-c4ccccc45)c3)c3ccccc3-c3ccccc3)cc21. The number of anilines is 3. The minimum atomic E-state index is -0.477. The highest BCUT2D eigenvalue weighted by Crippen LogP contribution is 2.65. The van der Waals surface area contributed by atoms with Crippen molar-refractivity contribution in [1.82, 2.24) is 0 Å². The van der Waals surface area contributed by atoms with E-state index in [2.05, 4.69) is 231 Å². The Balaban J connectivity index is 1.12. The van der Waals surface area contributed by atoms with E-state index in [0.717, 1.165) is 17.1 Å². The molecule has 0 atom stereocenters. The summed E-state index contributed by atoms with van der Waals surface area (Å²) < 4.78 is 0. The molecule has 0 heterocycles. The maximum Gasteiger partial charge on any atom is 0.0726 e. The minimum absolute atomic E-state index is 0.132. The second-order valence-electron chi connectivity index (χ2n) is 16.8. The van der Waals surface area contributed by atoms with Crippen molar-refractivity contribution in [3.05, 3.63) is 246 Å². The number of fused-ring (bicyclic) bond motifs is 9. The topological polar surface area (TPSA) is 3.24 Å². The Morgan fingerprint density at radius 2 is 0.831 bits per heavy atom. The molecule has 0 saturated heterocycles. The Morgan fingerprint density at radius 3 is 1.49 bits per heavy atom. The maximum absolute atomic E-state index is 2.50. The molecule has 12 rings (SSSR count). The zero-order valence-electron chi connectivity index (χ0n) is 33.2. The summed E-state index contributed by atoms with van der Waals surface area (Å²) in [6, 6.07) is 79.2. The lowest BCUT2D eigenvalue weighted by molar-refractivity contribution is 0.660. The van der Waals surface area contributed by atoms with E-state index >= 15 is 0 Å². The van der Waals surface area contributed by atoms with Crippen molar-refractivity contribution >= 4 is 17.1 Å². The molecule has 0 aromatic heterocycles. The van der Waals surface area contributed by atoms with E-state index in [1.54, 1.807) is 0 Å². The summed E-state index contributed by atoms with van der Waals surface area (Å²) >= 11 is 0. The van der Waals surface area contributed by atoms with E-state index < -0.39 is 5.41 Å². The lowest BCUT2D eigenvalue weighted by Crippen LogP contribution is -2.26. The van der Waals surface area contributed by atoms with Gasteiger partial charge in [-0.25, -0.2) is 0 Å². The zero-order chi connectivity index (χ0) is 39.3. The summed E-state index contributed by atoms with van der Waals surface area (Å²) in [6.07, 6.45) is 0. The average molecular weight is 752 g/mol. The lowest BCUT2D eigenvalue weighted by atomic mass is 9.70. The van der Waals surface area contributed by atoms with Crippen molar-refractivity contribution in [2.45, 2.75) is 24.7 Å². The molecular formula is C58H41N. The highest BCUT2D eigenvalue weighted by molar-refractivity contribution is 6.01. The van der Waals surface area contributed by atoms with Gasteiger partial charge in [0.15, 0.2) is 0 Å². The molecule has 1 heteroatoms. The molecule has 3 aliphatic rings. The molecule has 9 aromatic rings. The molecule has 0 aliphatic heterocycles. The summed E-state index contributed by atoms with van der Waals surface area (Å²) in [6.45, 7) is 4.74. The van der Waals surface area contributed by atoms with Gasteiger partial charge in [-0.05, 0) is 126 Å². The van der Waals surface area contributed by atoms with Crippen molar-refractivity contribution < 1.29 is 0 Å². The van der Waals surface area contributed by atoms with Crippen LogP contribution < -0.4 is 4.90 Å². The number of para-hydroxylation sites is 1. The van der Waals surface area contributed by atoms with Crippen molar-refractivity contribution in [3.63, 3.8) is 0 Å². The monoisotopic (exact) mass is 751 g/mol. The summed E-state index contributed by atoms with van der Waals surface area (Å²) in [7, 11) is 0. The minimum Gasteiger partial charge on any atom is -0.310 e. The second kappa shape index (κ2) is 12.6. The van der Waals surface area contributed by atoms with Crippen LogP contribution in [0.15, 0.2) is 212 Å². The van der Waals surface area contributed by atoms with Crippen LogP contribution in [0.25, 0.3) is 55.6 Å². The van der Waals surface area contributed by atoms with E-state index in [4.69, 9.17) is 0 Å². The van der Waals surface area contributed by atoms with Crippen LogP contribution in [0.4, 0.5) is 17.1 Å². The van der Waals surface area contributed by atoms with Gasteiger partial charge in [-0.2, -0.15) is 0 Å². The second-order valence-corrected chi connectivity index (χ2v) is 16.8. The molecule has 59 heavy (non-hydrogen) atoms. The van der Waals surface area contributed by atoms with Gasteiger partial charge in [0.25, 0.3) is 0 Å². The van der Waals surface area contributed by atoms with Crippen molar-refractivity contribution in [3.8, 4) is 55.6 Å². The van der Waals surface area contributed by atoms with E-state index in [0.29, 0.717) is 0 Å². The van der Waals surface area contributed by atoms with Crippen LogP contribution in [0.1, 0.15) is 47.2 Å². The number of nitrogens with zero attached hydrogens (tertiary/aromatic N) is 1. The molecule has 0 saturated carbocycles. The summed E-state index contributed by atoms with van der Waals surface area (Å²) in [5.41, 5.74) is 23.7. The average Bonchev–Trinajstić information content (AvgIpc) is 3.86. The fourth-order valence-corrected chi connectivity index (χ4v) is 10.9. The fraction of sp³-hybridized carbons (Fsp3) is 0.0690. The maximum atomic E-state index is 2.50. The van der Waals surface area contributed by atoms with Gasteiger partial charge < -0.3 is 4.90 Å². The van der Waals surface area contributed by atoms with Gasteiger partial charge in [-0.1, -0.05) is 184 Å². The van der Waals surface area contributed by atoms with Gasteiger partial charge in [-0.3, -0.25) is 0 Å². The fourth-order valence-electron chi connectivity index (χ4n) is 10.9. The van der Waals surface area contributed by atoms with Crippen LogP contribution in [0.5, 0.6) is 0 Å². The summed E-state index contributed by atoms with van der Waals surface area (Å²) in [4.78, 5) is 2.50. The Hall–Kier alpha value is -7.22. The van der Waals surface area contributed by atoms with Crippen LogP contribution in [0.3, 0.4) is 0 Å². The number of benzene rings is 9. The molecule has 1 nitrogen and oxygen atoms in total. The number of hydrogen-bond donors (Lipinski definition) is 0. The molecular weight excluding hydrogens is 711 g/mol. The Labute approximate surface area is 346 Å². The molecule has 278 valence electrons. The van der Waals surface area contributed by atoms with Crippen molar-refractivity contribution in [1.29, 1.82) is 0 Å². The highest BCUT2D eigenvalue weighted by atomic mass is 15.1.